The molecule has 1 saturated heterocycles. The number of carbonyl (C=O) groups excluding carboxylic acids is 1. The molecule has 4 rings (SSSR count). The molecule has 30 heavy (non-hydrogen) atoms. The lowest BCUT2D eigenvalue weighted by molar-refractivity contribution is -0.113. The van der Waals surface area contributed by atoms with Crippen LogP contribution in [-0.2, 0) is 11.4 Å². The van der Waals surface area contributed by atoms with Crippen LogP contribution >= 0.6 is 11.8 Å². The largest absolute Gasteiger partial charge is 0.493 e. The number of aliphatic imine (C=N–C) groups is 1. The number of methoxy groups -OCH3 is 1. The summed E-state index contributed by atoms with van der Waals surface area (Å²) in [7, 11) is 1.62. The van der Waals surface area contributed by atoms with Gasteiger partial charge >= 0.3 is 0 Å². The molecule has 6 heteroatoms. The highest BCUT2D eigenvalue weighted by Crippen LogP contribution is 2.34. The van der Waals surface area contributed by atoms with Crippen molar-refractivity contribution in [1.82, 2.24) is 4.90 Å². The molecule has 0 saturated carbocycles. The zero-order chi connectivity index (χ0) is 20.9. The van der Waals surface area contributed by atoms with Crippen LogP contribution < -0.4 is 9.47 Å². The molecule has 2 aromatic carbocycles. The van der Waals surface area contributed by atoms with Crippen LogP contribution in [0.1, 0.15) is 30.9 Å². The fourth-order valence-corrected chi connectivity index (χ4v) is 4.62. The Balaban J connectivity index is 1.45. The van der Waals surface area contributed by atoms with E-state index in [-0.39, 0.29) is 5.91 Å². The molecule has 1 atom stereocenters. The Morgan fingerprint density at radius 2 is 2.03 bits per heavy atom. The highest BCUT2D eigenvalue weighted by atomic mass is 32.2. The lowest BCUT2D eigenvalue weighted by Gasteiger charge is -2.31. The number of carbonyl (C=O) groups is 1. The van der Waals surface area contributed by atoms with Gasteiger partial charge in [-0.15, -0.1) is 0 Å². The number of nitrogens with zero attached hydrogens (tertiary/aromatic N) is 2. The molecule has 0 aromatic heterocycles. The molecule has 2 aliphatic rings. The molecule has 156 valence electrons. The first kappa shape index (κ1) is 20.5. The average Bonchev–Trinajstić information content (AvgIpc) is 3.13. The molecule has 1 amide bonds. The number of rotatable bonds is 5. The summed E-state index contributed by atoms with van der Waals surface area (Å²) < 4.78 is 11.4. The van der Waals surface area contributed by atoms with E-state index in [0.29, 0.717) is 28.9 Å². The second-order valence-corrected chi connectivity index (χ2v) is 8.70. The summed E-state index contributed by atoms with van der Waals surface area (Å²) in [5, 5.41) is 0.826. The predicted molar refractivity (Wildman–Crippen MR) is 122 cm³/mol. The monoisotopic (exact) mass is 422 g/mol. The Hall–Kier alpha value is -2.73. The first-order valence-corrected chi connectivity index (χ1v) is 11.1. The lowest BCUT2D eigenvalue weighted by Crippen LogP contribution is -2.37. The molecular weight excluding hydrogens is 396 g/mol. The van der Waals surface area contributed by atoms with E-state index in [0.717, 1.165) is 35.8 Å². The molecular formula is C24H26N2O3S. The molecule has 1 fully saturated rings. The van der Waals surface area contributed by atoms with Crippen LogP contribution in [0.15, 0.2) is 58.4 Å². The molecule has 1 unspecified atom stereocenters. The van der Waals surface area contributed by atoms with E-state index >= 15 is 0 Å². The highest BCUT2D eigenvalue weighted by molar-refractivity contribution is 8.18. The zero-order valence-electron chi connectivity index (χ0n) is 17.3. The Morgan fingerprint density at radius 3 is 2.80 bits per heavy atom. The number of thioether (sulfide) groups is 1. The standard InChI is InChI=1S/C24H26N2O3S/c1-17-7-6-12-26(15-17)24-25-23(27)22(30-24)14-19-10-11-20(21(13-19)28-2)29-16-18-8-4-3-5-9-18/h3-5,8-11,13-14,17H,6-7,12,15-16H2,1-2H3/b22-14-. The quantitative estimate of drug-likeness (QED) is 0.637. The van der Waals surface area contributed by atoms with E-state index < -0.39 is 0 Å². The number of likely N-dealkylation sites (tertiary alicyclic amines) is 1. The zero-order valence-corrected chi connectivity index (χ0v) is 18.2. The summed E-state index contributed by atoms with van der Waals surface area (Å²) in [5.41, 5.74) is 1.98. The maximum atomic E-state index is 12.4. The number of hydrogen-bond donors (Lipinski definition) is 0. The van der Waals surface area contributed by atoms with Crippen LogP contribution in [0, 0.1) is 5.92 Å². The van der Waals surface area contributed by atoms with Gasteiger partial charge in [-0.1, -0.05) is 43.3 Å². The fraction of sp³-hybridized carbons (Fsp3) is 0.333. The molecule has 0 bridgehead atoms. The van der Waals surface area contributed by atoms with Crippen LogP contribution in [0.5, 0.6) is 11.5 Å². The number of amidine groups is 1. The van der Waals surface area contributed by atoms with Crippen LogP contribution in [0.25, 0.3) is 6.08 Å². The summed E-state index contributed by atoms with van der Waals surface area (Å²) in [6.45, 7) is 4.65. The molecule has 0 aliphatic carbocycles. The van der Waals surface area contributed by atoms with Crippen molar-refractivity contribution in [2.24, 2.45) is 10.9 Å². The van der Waals surface area contributed by atoms with Gasteiger partial charge in [0, 0.05) is 13.1 Å². The summed E-state index contributed by atoms with van der Waals surface area (Å²) >= 11 is 1.46. The van der Waals surface area contributed by atoms with Gasteiger partial charge in [0.05, 0.1) is 12.0 Å². The number of ether oxygens (including phenoxy) is 2. The molecule has 5 nitrogen and oxygen atoms in total. The van der Waals surface area contributed by atoms with Crippen molar-refractivity contribution in [2.75, 3.05) is 20.2 Å². The van der Waals surface area contributed by atoms with E-state index in [1.807, 2.05) is 54.6 Å². The molecule has 0 N–H and O–H groups in total. The number of benzene rings is 2. The maximum absolute atomic E-state index is 12.4. The van der Waals surface area contributed by atoms with E-state index in [4.69, 9.17) is 9.47 Å². The van der Waals surface area contributed by atoms with E-state index in [1.54, 1.807) is 7.11 Å². The Morgan fingerprint density at radius 1 is 1.20 bits per heavy atom. The Labute approximate surface area is 181 Å². The van der Waals surface area contributed by atoms with Crippen molar-refractivity contribution < 1.29 is 14.3 Å². The lowest BCUT2D eigenvalue weighted by atomic mass is 10.0. The minimum absolute atomic E-state index is 0.170. The SMILES string of the molecule is COc1cc(/C=C2\SC(N3CCCC(C)C3)=NC2=O)ccc1OCc1ccccc1. The Kier molecular flexibility index (Phi) is 6.43. The first-order chi connectivity index (χ1) is 14.6. The fourth-order valence-electron chi connectivity index (χ4n) is 3.68. The van der Waals surface area contributed by atoms with Gasteiger partial charge in [0.2, 0.25) is 0 Å². The minimum Gasteiger partial charge on any atom is -0.493 e. The third-order valence-corrected chi connectivity index (χ3v) is 6.30. The van der Waals surface area contributed by atoms with E-state index in [9.17, 15) is 4.79 Å². The van der Waals surface area contributed by atoms with Crippen molar-refractivity contribution in [2.45, 2.75) is 26.4 Å². The molecule has 2 aromatic rings. The molecule has 0 radical (unpaired) electrons. The topological polar surface area (TPSA) is 51.1 Å². The van der Waals surface area contributed by atoms with Crippen molar-refractivity contribution >= 4 is 28.9 Å². The Bertz CT molecular complexity index is 972. The third-order valence-electron chi connectivity index (χ3n) is 5.26. The third kappa shape index (κ3) is 4.87. The molecule has 2 heterocycles. The summed E-state index contributed by atoms with van der Waals surface area (Å²) in [4.78, 5) is 19.6. The van der Waals surface area contributed by atoms with Crippen LogP contribution in [0.3, 0.4) is 0 Å². The smallest absolute Gasteiger partial charge is 0.286 e. The van der Waals surface area contributed by atoms with E-state index in [2.05, 4.69) is 16.8 Å². The van der Waals surface area contributed by atoms with Gasteiger partial charge < -0.3 is 14.4 Å². The molecule has 2 aliphatic heterocycles. The van der Waals surface area contributed by atoms with Crippen molar-refractivity contribution in [3.8, 4) is 11.5 Å². The van der Waals surface area contributed by atoms with Gasteiger partial charge in [-0.05, 0) is 59.9 Å². The van der Waals surface area contributed by atoms with Gasteiger partial charge in [0.25, 0.3) is 5.91 Å². The minimum atomic E-state index is -0.170. The van der Waals surface area contributed by atoms with Gasteiger partial charge in [0.1, 0.15) is 6.61 Å². The van der Waals surface area contributed by atoms with Crippen molar-refractivity contribution in [3.63, 3.8) is 0 Å². The maximum Gasteiger partial charge on any atom is 0.286 e. The number of amides is 1. The average molecular weight is 423 g/mol. The second-order valence-electron chi connectivity index (χ2n) is 7.69. The van der Waals surface area contributed by atoms with Crippen LogP contribution in [-0.4, -0.2) is 36.2 Å². The highest BCUT2D eigenvalue weighted by Gasteiger charge is 2.28. The number of piperidine rings is 1. The van der Waals surface area contributed by atoms with Gasteiger partial charge in [0.15, 0.2) is 16.7 Å². The van der Waals surface area contributed by atoms with Crippen molar-refractivity contribution in [1.29, 1.82) is 0 Å². The van der Waals surface area contributed by atoms with Gasteiger partial charge in [-0.2, -0.15) is 4.99 Å². The van der Waals surface area contributed by atoms with Crippen LogP contribution in [0.2, 0.25) is 0 Å². The second kappa shape index (κ2) is 9.39. The van der Waals surface area contributed by atoms with Crippen LogP contribution in [0.4, 0.5) is 0 Å². The van der Waals surface area contributed by atoms with Gasteiger partial charge in [-0.25, -0.2) is 0 Å². The summed E-state index contributed by atoms with van der Waals surface area (Å²) in [6, 6.07) is 15.7. The van der Waals surface area contributed by atoms with E-state index in [1.165, 1.54) is 18.2 Å². The molecule has 0 spiro atoms. The summed E-state index contributed by atoms with van der Waals surface area (Å²) in [5.74, 6) is 1.78. The number of hydrogen-bond acceptors (Lipinski definition) is 5. The first-order valence-electron chi connectivity index (χ1n) is 10.2. The summed E-state index contributed by atoms with van der Waals surface area (Å²) in [6.07, 6.45) is 4.26. The normalized spacial score (nSPS) is 20.4. The van der Waals surface area contributed by atoms with Gasteiger partial charge in [-0.3, -0.25) is 4.79 Å². The van der Waals surface area contributed by atoms with Crippen molar-refractivity contribution in [3.05, 3.63) is 64.6 Å². The predicted octanol–water partition coefficient (Wildman–Crippen LogP) is 4.98.